The Bertz CT molecular complexity index is 1100. The predicted molar refractivity (Wildman–Crippen MR) is 98.4 cm³/mol. The van der Waals surface area contributed by atoms with Crippen LogP contribution in [-0.2, 0) is 6.42 Å². The Hall–Kier alpha value is -3.67. The molecule has 0 unspecified atom stereocenters. The van der Waals surface area contributed by atoms with Gasteiger partial charge in [-0.3, -0.25) is 4.98 Å². The lowest BCUT2D eigenvalue weighted by molar-refractivity contribution is 0.181. The lowest BCUT2D eigenvalue weighted by Crippen LogP contribution is -2.03. The van der Waals surface area contributed by atoms with Crippen molar-refractivity contribution in [1.82, 2.24) is 19.7 Å². The molecule has 1 aliphatic heterocycles. The van der Waals surface area contributed by atoms with E-state index < -0.39 is 0 Å². The van der Waals surface area contributed by atoms with Crippen LogP contribution in [0, 0.1) is 0 Å². The number of anilines is 2. The van der Waals surface area contributed by atoms with Crippen LogP contribution >= 0.6 is 0 Å². The molecule has 1 aromatic carbocycles. The van der Waals surface area contributed by atoms with Crippen molar-refractivity contribution in [2.45, 2.75) is 6.42 Å². The van der Waals surface area contributed by atoms with E-state index in [1.54, 1.807) is 18.6 Å². The van der Waals surface area contributed by atoms with E-state index in [1.165, 1.54) is 4.73 Å². The number of rotatable bonds is 2. The minimum Gasteiger partial charge on any atom is -0.427 e. The maximum absolute atomic E-state index is 10.9. The van der Waals surface area contributed by atoms with Gasteiger partial charge in [0.25, 0.3) is 0 Å². The molecule has 2 N–H and O–H groups in total. The Morgan fingerprint density at radius 3 is 2.73 bits per heavy atom. The average molecular weight is 341 g/mol. The molecule has 5 rings (SSSR count). The zero-order valence-corrected chi connectivity index (χ0v) is 13.8. The molecule has 0 radical (unpaired) electrons. The minimum absolute atomic E-state index is 0.535. The number of imidazole rings is 1. The van der Waals surface area contributed by atoms with Crippen LogP contribution in [0.25, 0.3) is 22.5 Å². The van der Waals surface area contributed by atoms with Gasteiger partial charge in [0.2, 0.25) is 0 Å². The number of aromatic nitrogens is 4. The van der Waals surface area contributed by atoms with E-state index in [0.29, 0.717) is 23.8 Å². The van der Waals surface area contributed by atoms with E-state index in [-0.39, 0.29) is 0 Å². The van der Waals surface area contributed by atoms with E-state index in [9.17, 15) is 5.21 Å². The molecular weight excluding hydrogens is 326 g/mol. The summed E-state index contributed by atoms with van der Waals surface area (Å²) in [5.41, 5.74) is 4.94. The number of hydrogen-bond acceptors (Lipinski definition) is 5. The van der Waals surface area contributed by atoms with Crippen LogP contribution in [0.4, 0.5) is 11.5 Å². The smallest absolute Gasteiger partial charge is 0.150 e. The molecule has 0 aliphatic carbocycles. The topological polar surface area (TPSA) is 75.9 Å². The van der Waals surface area contributed by atoms with Gasteiger partial charge in [-0.25, -0.2) is 9.97 Å². The third-order valence-electron chi connectivity index (χ3n) is 4.52. The van der Waals surface area contributed by atoms with Gasteiger partial charge in [0.15, 0.2) is 0 Å². The van der Waals surface area contributed by atoms with Gasteiger partial charge in [0, 0.05) is 29.9 Å². The number of benzene rings is 1. The fraction of sp³-hybridized carbons (Fsp3) is 0.0500. The standard InChI is InChI=1S/C20H15N5O/c26-25-17(11-13-5-2-1-3-6-13)24-18-14-8-10-21-12-16(14)23-20-15(19(18)25)7-4-9-22-20/h1-10,12,26H,11H2,(H,22,23). The zero-order chi connectivity index (χ0) is 17.5. The van der Waals surface area contributed by atoms with Gasteiger partial charge in [-0.2, -0.15) is 4.73 Å². The molecule has 0 atom stereocenters. The molecule has 6 heteroatoms. The van der Waals surface area contributed by atoms with Gasteiger partial charge >= 0.3 is 0 Å². The molecule has 4 aromatic rings. The molecule has 1 aliphatic rings. The second kappa shape index (κ2) is 5.70. The zero-order valence-electron chi connectivity index (χ0n) is 13.8. The third kappa shape index (κ3) is 2.23. The fourth-order valence-electron chi connectivity index (χ4n) is 3.31. The van der Waals surface area contributed by atoms with Crippen molar-refractivity contribution in [2.75, 3.05) is 5.32 Å². The highest BCUT2D eigenvalue weighted by Crippen LogP contribution is 2.42. The van der Waals surface area contributed by atoms with Crippen molar-refractivity contribution in [3.63, 3.8) is 0 Å². The molecule has 0 bridgehead atoms. The molecular formula is C20H15N5O. The predicted octanol–water partition coefficient (Wildman–Crippen LogP) is 3.89. The van der Waals surface area contributed by atoms with Gasteiger partial charge in [-0.05, 0) is 23.8 Å². The molecule has 126 valence electrons. The van der Waals surface area contributed by atoms with Crippen molar-refractivity contribution in [2.24, 2.45) is 0 Å². The van der Waals surface area contributed by atoms with Gasteiger partial charge in [0.05, 0.1) is 11.9 Å². The average Bonchev–Trinajstić information content (AvgIpc) is 2.92. The summed E-state index contributed by atoms with van der Waals surface area (Å²) in [7, 11) is 0. The van der Waals surface area contributed by atoms with E-state index >= 15 is 0 Å². The van der Waals surface area contributed by atoms with Crippen LogP contribution in [0.5, 0.6) is 0 Å². The summed E-state index contributed by atoms with van der Waals surface area (Å²) in [5.74, 6) is 1.25. The Labute approximate surface area is 149 Å². The summed E-state index contributed by atoms with van der Waals surface area (Å²) in [6.45, 7) is 0. The lowest BCUT2D eigenvalue weighted by atomic mass is 10.1. The third-order valence-corrected chi connectivity index (χ3v) is 4.52. The maximum Gasteiger partial charge on any atom is 0.150 e. The van der Waals surface area contributed by atoms with Gasteiger partial charge in [-0.1, -0.05) is 30.3 Å². The van der Waals surface area contributed by atoms with Crippen molar-refractivity contribution in [3.8, 4) is 22.5 Å². The number of fused-ring (bicyclic) bond motifs is 5. The van der Waals surface area contributed by atoms with Gasteiger partial charge < -0.3 is 10.5 Å². The summed E-state index contributed by atoms with van der Waals surface area (Å²) in [6.07, 6.45) is 5.72. The van der Waals surface area contributed by atoms with Crippen LogP contribution in [-0.4, -0.2) is 24.9 Å². The van der Waals surface area contributed by atoms with E-state index in [0.717, 1.165) is 28.1 Å². The van der Waals surface area contributed by atoms with Crippen LogP contribution < -0.4 is 5.32 Å². The largest absolute Gasteiger partial charge is 0.427 e. The summed E-state index contributed by atoms with van der Waals surface area (Å²) >= 11 is 0. The summed E-state index contributed by atoms with van der Waals surface area (Å²) in [5, 5.41) is 14.2. The molecule has 6 nitrogen and oxygen atoms in total. The molecule has 0 fully saturated rings. The minimum atomic E-state index is 0.535. The first-order valence-electron chi connectivity index (χ1n) is 8.33. The van der Waals surface area contributed by atoms with Gasteiger partial charge in [0.1, 0.15) is 23.0 Å². The highest BCUT2D eigenvalue weighted by atomic mass is 16.5. The molecule has 0 saturated carbocycles. The molecule has 26 heavy (non-hydrogen) atoms. The maximum atomic E-state index is 10.9. The Morgan fingerprint density at radius 2 is 1.85 bits per heavy atom. The summed E-state index contributed by atoms with van der Waals surface area (Å²) in [4.78, 5) is 13.4. The van der Waals surface area contributed by atoms with Gasteiger partial charge in [-0.15, -0.1) is 0 Å². The molecule has 0 saturated heterocycles. The molecule has 3 aromatic heterocycles. The quantitative estimate of drug-likeness (QED) is 0.476. The van der Waals surface area contributed by atoms with Crippen LogP contribution in [0.2, 0.25) is 0 Å². The van der Waals surface area contributed by atoms with E-state index in [2.05, 4.69) is 15.3 Å². The lowest BCUT2D eigenvalue weighted by Gasteiger charge is -2.09. The van der Waals surface area contributed by atoms with E-state index in [1.807, 2.05) is 48.5 Å². The molecule has 0 amide bonds. The summed E-state index contributed by atoms with van der Waals surface area (Å²) < 4.78 is 1.18. The fourth-order valence-corrected chi connectivity index (χ4v) is 3.31. The highest BCUT2D eigenvalue weighted by molar-refractivity contribution is 5.94. The number of nitrogens with zero attached hydrogens (tertiary/aromatic N) is 4. The van der Waals surface area contributed by atoms with Crippen molar-refractivity contribution in [1.29, 1.82) is 0 Å². The second-order valence-corrected chi connectivity index (χ2v) is 6.15. The first-order chi connectivity index (χ1) is 12.8. The Morgan fingerprint density at radius 1 is 0.962 bits per heavy atom. The van der Waals surface area contributed by atoms with Crippen LogP contribution in [0.1, 0.15) is 11.4 Å². The number of nitrogens with one attached hydrogen (secondary N) is 1. The first kappa shape index (κ1) is 14.7. The monoisotopic (exact) mass is 341 g/mol. The van der Waals surface area contributed by atoms with E-state index in [4.69, 9.17) is 4.98 Å². The highest BCUT2D eigenvalue weighted by Gasteiger charge is 2.27. The van der Waals surface area contributed by atoms with Crippen molar-refractivity contribution in [3.05, 3.63) is 78.5 Å². The first-order valence-corrected chi connectivity index (χ1v) is 8.33. The summed E-state index contributed by atoms with van der Waals surface area (Å²) in [6, 6.07) is 15.7. The molecule has 4 heterocycles. The Kier molecular flexibility index (Phi) is 3.21. The number of hydrogen-bond donors (Lipinski definition) is 2. The van der Waals surface area contributed by atoms with Crippen molar-refractivity contribution < 1.29 is 5.21 Å². The van der Waals surface area contributed by atoms with Crippen LogP contribution in [0.15, 0.2) is 67.1 Å². The number of pyridine rings is 2. The SMILES string of the molecule is On1c(Cc2ccccc2)nc2c1-c1cccnc1Nc1cnccc1-2. The molecule has 0 spiro atoms. The second-order valence-electron chi connectivity index (χ2n) is 6.15. The normalized spacial score (nSPS) is 11.7. The van der Waals surface area contributed by atoms with Crippen LogP contribution in [0.3, 0.4) is 0 Å². The van der Waals surface area contributed by atoms with Crippen molar-refractivity contribution >= 4 is 11.5 Å². The Balaban J connectivity index is 1.75.